The summed E-state index contributed by atoms with van der Waals surface area (Å²) in [5.74, 6) is 1.01. The molecule has 1 aliphatic heterocycles. The molecule has 110 valence electrons. The maximum atomic E-state index is 11.9. The molecule has 1 aromatic carbocycles. The van der Waals surface area contributed by atoms with Gasteiger partial charge in [0, 0.05) is 13.1 Å². The summed E-state index contributed by atoms with van der Waals surface area (Å²) in [5, 5.41) is 0. The van der Waals surface area contributed by atoms with E-state index in [0.29, 0.717) is 0 Å². The number of hydrogen-bond acceptors (Lipinski definition) is 1. The van der Waals surface area contributed by atoms with Crippen molar-refractivity contribution in [1.29, 1.82) is 0 Å². The zero-order chi connectivity index (χ0) is 14.5. The average Bonchev–Trinajstić information content (AvgIpc) is 2.46. The van der Waals surface area contributed by atoms with Crippen LogP contribution in [0.2, 0.25) is 0 Å². The molecule has 2 rings (SSSR count). The molecule has 3 heteroatoms. The van der Waals surface area contributed by atoms with Gasteiger partial charge in [-0.3, -0.25) is 4.79 Å². The Balaban J connectivity index is 1.74. The second-order valence-corrected chi connectivity index (χ2v) is 7.28. The number of halogens is 1. The van der Waals surface area contributed by atoms with E-state index in [-0.39, 0.29) is 10.7 Å². The lowest BCUT2D eigenvalue weighted by Gasteiger charge is -2.32. The van der Waals surface area contributed by atoms with E-state index >= 15 is 0 Å². The van der Waals surface area contributed by atoms with E-state index in [0.717, 1.165) is 38.3 Å². The van der Waals surface area contributed by atoms with Gasteiger partial charge in [-0.2, -0.15) is 0 Å². The summed E-state index contributed by atoms with van der Waals surface area (Å²) in [7, 11) is 0. The highest BCUT2D eigenvalue weighted by Gasteiger charge is 2.24. The largest absolute Gasteiger partial charge is 0.342 e. The van der Waals surface area contributed by atoms with E-state index in [1.807, 2.05) is 11.8 Å². The minimum atomic E-state index is -0.0494. The molecule has 0 spiro atoms. The quantitative estimate of drug-likeness (QED) is 0.761. The van der Waals surface area contributed by atoms with Crippen LogP contribution < -0.4 is 0 Å². The number of benzene rings is 1. The summed E-state index contributed by atoms with van der Waals surface area (Å²) in [6.45, 7) is 5.88. The number of aryl methyl sites for hydroxylation is 2. The molecule has 0 saturated carbocycles. The molecular weight excluding hydrogens is 314 g/mol. The van der Waals surface area contributed by atoms with Crippen LogP contribution >= 0.6 is 15.9 Å². The van der Waals surface area contributed by atoms with Crippen molar-refractivity contribution in [3.8, 4) is 0 Å². The number of amides is 1. The maximum Gasteiger partial charge on any atom is 0.236 e. The summed E-state index contributed by atoms with van der Waals surface area (Å²) in [4.78, 5) is 13.8. The third-order valence-electron chi connectivity index (χ3n) is 4.23. The highest BCUT2D eigenvalue weighted by molar-refractivity contribution is 9.10. The summed E-state index contributed by atoms with van der Waals surface area (Å²) in [5.41, 5.74) is 2.76. The molecule has 0 N–H and O–H groups in total. The Hall–Kier alpha value is -0.830. The molecule has 1 heterocycles. The predicted octanol–water partition coefficient (Wildman–Crippen LogP) is 3.95. The number of likely N-dealkylation sites (tertiary alicyclic amines) is 1. The average molecular weight is 338 g/mol. The van der Waals surface area contributed by atoms with Gasteiger partial charge in [0.15, 0.2) is 0 Å². The van der Waals surface area contributed by atoms with Crippen LogP contribution in [0.5, 0.6) is 0 Å². The normalized spacial score (nSPS) is 18.1. The van der Waals surface area contributed by atoms with Gasteiger partial charge in [-0.05, 0) is 51.0 Å². The molecule has 0 aliphatic carbocycles. The Bertz CT molecular complexity index is 433. The highest BCUT2D eigenvalue weighted by atomic mass is 79.9. The van der Waals surface area contributed by atoms with Gasteiger partial charge >= 0.3 is 0 Å². The smallest absolute Gasteiger partial charge is 0.236 e. The van der Waals surface area contributed by atoms with E-state index in [1.54, 1.807) is 0 Å². The first-order chi connectivity index (χ1) is 9.56. The molecule has 1 amide bonds. The monoisotopic (exact) mass is 337 g/mol. The van der Waals surface area contributed by atoms with E-state index in [4.69, 9.17) is 0 Å². The fourth-order valence-electron chi connectivity index (χ4n) is 2.82. The Morgan fingerprint density at radius 2 is 1.90 bits per heavy atom. The topological polar surface area (TPSA) is 20.3 Å². The van der Waals surface area contributed by atoms with Crippen molar-refractivity contribution in [2.45, 2.75) is 44.4 Å². The van der Waals surface area contributed by atoms with Crippen LogP contribution in [0.1, 0.15) is 37.3 Å². The lowest BCUT2D eigenvalue weighted by molar-refractivity contribution is -0.131. The predicted molar refractivity (Wildman–Crippen MR) is 87.2 cm³/mol. The number of nitrogens with zero attached hydrogens (tertiary/aromatic N) is 1. The molecule has 2 nitrogen and oxygen atoms in total. The number of piperidine rings is 1. The van der Waals surface area contributed by atoms with Gasteiger partial charge < -0.3 is 4.90 Å². The minimum Gasteiger partial charge on any atom is -0.342 e. The van der Waals surface area contributed by atoms with Crippen molar-refractivity contribution in [1.82, 2.24) is 4.90 Å². The standard InChI is InChI=1S/C17H24BrNO/c1-13-3-5-15(6-4-13)7-8-16-9-11-19(12-10-16)17(20)14(2)18/h3-6,14,16H,7-12H2,1-2H3. The zero-order valence-corrected chi connectivity index (χ0v) is 14.0. The molecule has 1 aromatic rings. The van der Waals surface area contributed by atoms with Crippen molar-refractivity contribution in [2.75, 3.05) is 13.1 Å². The molecule has 1 unspecified atom stereocenters. The molecule has 20 heavy (non-hydrogen) atoms. The van der Waals surface area contributed by atoms with Crippen molar-refractivity contribution >= 4 is 21.8 Å². The van der Waals surface area contributed by atoms with E-state index in [2.05, 4.69) is 47.1 Å². The number of alkyl halides is 1. The molecule has 1 aliphatic rings. The van der Waals surface area contributed by atoms with Crippen LogP contribution in [0, 0.1) is 12.8 Å². The fraction of sp³-hybridized carbons (Fsp3) is 0.588. The van der Waals surface area contributed by atoms with Crippen LogP contribution in [0.25, 0.3) is 0 Å². The van der Waals surface area contributed by atoms with Crippen molar-refractivity contribution in [3.63, 3.8) is 0 Å². The Morgan fingerprint density at radius 1 is 1.30 bits per heavy atom. The number of carbonyl (C=O) groups excluding carboxylic acids is 1. The number of hydrogen-bond donors (Lipinski definition) is 0. The first-order valence-electron chi connectivity index (χ1n) is 7.54. The molecule has 1 fully saturated rings. The highest BCUT2D eigenvalue weighted by Crippen LogP contribution is 2.23. The van der Waals surface area contributed by atoms with E-state index in [1.165, 1.54) is 17.5 Å². The summed E-state index contributed by atoms with van der Waals surface area (Å²) >= 11 is 3.37. The van der Waals surface area contributed by atoms with Crippen LogP contribution in [0.15, 0.2) is 24.3 Å². The third kappa shape index (κ3) is 4.34. The second-order valence-electron chi connectivity index (χ2n) is 5.91. The SMILES string of the molecule is Cc1ccc(CCC2CCN(C(=O)C(C)Br)CC2)cc1. The first kappa shape index (κ1) is 15.6. The lowest BCUT2D eigenvalue weighted by Crippen LogP contribution is -2.41. The molecule has 0 aromatic heterocycles. The minimum absolute atomic E-state index is 0.0494. The third-order valence-corrected chi connectivity index (χ3v) is 4.62. The molecule has 1 atom stereocenters. The molecular formula is C17H24BrNO. The van der Waals surface area contributed by atoms with Crippen molar-refractivity contribution in [3.05, 3.63) is 35.4 Å². The molecule has 0 bridgehead atoms. The molecule has 0 radical (unpaired) electrons. The van der Waals surface area contributed by atoms with Gasteiger partial charge in [-0.1, -0.05) is 45.8 Å². The van der Waals surface area contributed by atoms with E-state index < -0.39 is 0 Å². The van der Waals surface area contributed by atoms with Gasteiger partial charge in [0.1, 0.15) is 0 Å². The van der Waals surface area contributed by atoms with Crippen LogP contribution in [-0.2, 0) is 11.2 Å². The maximum absolute atomic E-state index is 11.9. The van der Waals surface area contributed by atoms with Gasteiger partial charge in [0.05, 0.1) is 4.83 Å². The first-order valence-corrected chi connectivity index (χ1v) is 8.46. The summed E-state index contributed by atoms with van der Waals surface area (Å²) in [6, 6.07) is 8.85. The molecule has 1 saturated heterocycles. The van der Waals surface area contributed by atoms with Crippen molar-refractivity contribution in [2.24, 2.45) is 5.92 Å². The van der Waals surface area contributed by atoms with Crippen LogP contribution in [-0.4, -0.2) is 28.7 Å². The zero-order valence-electron chi connectivity index (χ0n) is 12.4. The summed E-state index contributed by atoms with van der Waals surface area (Å²) in [6.07, 6.45) is 4.71. The van der Waals surface area contributed by atoms with E-state index in [9.17, 15) is 4.79 Å². The van der Waals surface area contributed by atoms with Crippen LogP contribution in [0.3, 0.4) is 0 Å². The number of rotatable bonds is 4. The van der Waals surface area contributed by atoms with Crippen LogP contribution in [0.4, 0.5) is 0 Å². The second kappa shape index (κ2) is 7.26. The lowest BCUT2D eigenvalue weighted by atomic mass is 9.90. The van der Waals surface area contributed by atoms with Gasteiger partial charge in [0.2, 0.25) is 5.91 Å². The fourth-order valence-corrected chi connectivity index (χ4v) is 3.11. The Morgan fingerprint density at radius 3 is 2.45 bits per heavy atom. The van der Waals surface area contributed by atoms with Gasteiger partial charge in [-0.25, -0.2) is 0 Å². The Labute approximate surface area is 130 Å². The van der Waals surface area contributed by atoms with Crippen molar-refractivity contribution < 1.29 is 4.79 Å². The van der Waals surface area contributed by atoms with Gasteiger partial charge in [-0.15, -0.1) is 0 Å². The van der Waals surface area contributed by atoms with Gasteiger partial charge in [0.25, 0.3) is 0 Å². The Kier molecular flexibility index (Phi) is 5.64. The summed E-state index contributed by atoms with van der Waals surface area (Å²) < 4.78 is 0. The number of carbonyl (C=O) groups is 1.